The summed E-state index contributed by atoms with van der Waals surface area (Å²) in [5.41, 5.74) is 3.59. The molecule has 0 saturated heterocycles. The highest BCUT2D eigenvalue weighted by Crippen LogP contribution is 2.40. The van der Waals surface area contributed by atoms with Gasteiger partial charge in [-0.25, -0.2) is 4.98 Å². The van der Waals surface area contributed by atoms with Crippen LogP contribution in [-0.2, 0) is 36.3 Å². The minimum absolute atomic E-state index is 0.0188. The van der Waals surface area contributed by atoms with Gasteiger partial charge in [0.2, 0.25) is 11.8 Å². The van der Waals surface area contributed by atoms with Crippen LogP contribution in [-0.4, -0.2) is 107 Å². The molecular formula is C40H60BF2N6O7PS2. The Morgan fingerprint density at radius 3 is 2.47 bits per heavy atom. The topological polar surface area (TPSA) is 166 Å². The molecule has 2 atom stereocenters. The van der Waals surface area contributed by atoms with Crippen LogP contribution in [0.25, 0.3) is 6.08 Å². The second kappa shape index (κ2) is 22.6. The number of carbonyl (C=O) groups excluding carboxylic acids is 3. The van der Waals surface area contributed by atoms with E-state index in [4.69, 9.17) is 0 Å². The predicted molar refractivity (Wildman–Crippen MR) is 230 cm³/mol. The molecule has 2 amide bonds. The van der Waals surface area contributed by atoms with Gasteiger partial charge in [0.05, 0.1) is 40.2 Å². The number of unbranched alkanes of at least 4 members (excludes halogenated alkanes) is 1. The highest BCUT2D eigenvalue weighted by molar-refractivity contribution is 8.76. The van der Waals surface area contributed by atoms with Gasteiger partial charge in [0.1, 0.15) is 16.5 Å². The van der Waals surface area contributed by atoms with Crippen LogP contribution in [0.15, 0.2) is 52.8 Å². The number of aryl methyl sites for hydroxylation is 2. The molecule has 2 aliphatic heterocycles. The number of nitrogens with zero attached hydrogens (tertiary/aromatic N) is 4. The van der Waals surface area contributed by atoms with E-state index in [0.29, 0.717) is 67.2 Å². The van der Waals surface area contributed by atoms with Crippen LogP contribution in [0.5, 0.6) is 0 Å². The van der Waals surface area contributed by atoms with Gasteiger partial charge in [-0.05, 0) is 72.4 Å². The second-order valence-electron chi connectivity index (χ2n) is 16.1. The van der Waals surface area contributed by atoms with E-state index in [2.05, 4.69) is 41.3 Å². The van der Waals surface area contributed by atoms with Crippen molar-refractivity contribution < 1.29 is 50.9 Å². The maximum Gasteiger partial charge on any atom is 0.737 e. The van der Waals surface area contributed by atoms with Gasteiger partial charge in [-0.3, -0.25) is 18.9 Å². The van der Waals surface area contributed by atoms with Gasteiger partial charge < -0.3 is 47.0 Å². The van der Waals surface area contributed by atoms with Gasteiger partial charge >= 0.3 is 6.97 Å². The summed E-state index contributed by atoms with van der Waals surface area (Å²) in [6.45, 7) is 0.432. The van der Waals surface area contributed by atoms with Crippen molar-refractivity contribution in [2.75, 3.05) is 53.1 Å². The van der Waals surface area contributed by atoms with Crippen LogP contribution in [0.3, 0.4) is 0 Å². The first-order chi connectivity index (χ1) is 27.9. The first-order valence-electron chi connectivity index (χ1n) is 20.5. The Hall–Kier alpha value is -3.12. The number of amides is 2. The van der Waals surface area contributed by atoms with E-state index in [9.17, 15) is 28.7 Å². The van der Waals surface area contributed by atoms with E-state index in [1.807, 2.05) is 44.2 Å². The lowest BCUT2D eigenvalue weighted by Gasteiger charge is -2.32. The molecule has 2 unspecified atom stereocenters. The molecule has 326 valence electrons. The van der Waals surface area contributed by atoms with Gasteiger partial charge in [-0.1, -0.05) is 43.5 Å². The summed E-state index contributed by atoms with van der Waals surface area (Å²) < 4.78 is 53.0. The largest absolute Gasteiger partial charge is 0.756 e. The molecule has 0 spiro atoms. The highest BCUT2D eigenvalue weighted by atomic mass is 33.1. The molecule has 0 fully saturated rings. The molecule has 2 aromatic rings. The third-order valence-corrected chi connectivity index (χ3v) is 12.8. The summed E-state index contributed by atoms with van der Waals surface area (Å²) in [5.74, 6) is -1.79. The number of hydrogen-bond acceptors (Lipinski definition) is 9. The molecule has 0 radical (unpaired) electrons. The molecule has 0 bridgehead atoms. The summed E-state index contributed by atoms with van der Waals surface area (Å²) in [5, 5.41) is 6.41. The van der Waals surface area contributed by atoms with Crippen molar-refractivity contribution >= 4 is 65.8 Å². The molecule has 0 saturated carbocycles. The average molecular weight is 881 g/mol. The number of fused-ring (bicyclic) bond motifs is 2. The average Bonchev–Trinajstić information content (AvgIpc) is 3.70. The van der Waals surface area contributed by atoms with Crippen molar-refractivity contribution in [3.8, 4) is 0 Å². The fourth-order valence-electron chi connectivity index (χ4n) is 7.31. The summed E-state index contributed by atoms with van der Waals surface area (Å²) in [4.78, 5) is 63.7. The van der Waals surface area contributed by atoms with Crippen LogP contribution in [0.4, 0.5) is 8.63 Å². The molecule has 0 aliphatic carbocycles. The fourth-order valence-corrected chi connectivity index (χ4v) is 9.47. The molecule has 59 heavy (non-hydrogen) atoms. The van der Waals surface area contributed by atoms with Crippen LogP contribution in [0.2, 0.25) is 0 Å². The Morgan fingerprint density at radius 2 is 1.80 bits per heavy atom. The number of Topliss-reactive ketones (excluding diaryl/α,β-unsaturated/α-hetero) is 1. The molecular weight excluding hydrogens is 820 g/mol. The van der Waals surface area contributed by atoms with Crippen LogP contribution in [0.1, 0.15) is 95.0 Å². The smallest absolute Gasteiger partial charge is 0.737 e. The normalized spacial score (nSPS) is 16.2. The Balaban J connectivity index is 1.36. The number of pyridine rings is 1. The number of quaternary nitrogens is 1. The summed E-state index contributed by atoms with van der Waals surface area (Å²) in [6, 6.07) is 7.59. The van der Waals surface area contributed by atoms with Crippen molar-refractivity contribution in [3.05, 3.63) is 64.8 Å². The number of phosphoric ester groups is 1. The number of allylic oxidation sites excluding steroid dienone is 2. The maximum atomic E-state index is 17.0. The van der Waals surface area contributed by atoms with E-state index in [1.165, 1.54) is 15.3 Å². The second-order valence-corrected chi connectivity index (χ2v) is 19.7. The van der Waals surface area contributed by atoms with Crippen LogP contribution < -0.4 is 15.5 Å². The quantitative estimate of drug-likeness (QED) is 0.0323. The van der Waals surface area contributed by atoms with Crippen molar-refractivity contribution in [2.24, 2.45) is 5.92 Å². The van der Waals surface area contributed by atoms with E-state index in [-0.39, 0.29) is 31.7 Å². The number of nitrogens with one attached hydrogen (secondary N) is 2. The Kier molecular flexibility index (Phi) is 18.6. The Bertz CT molecular complexity index is 1920. The third-order valence-electron chi connectivity index (χ3n) is 10.0. The monoisotopic (exact) mass is 880 g/mol. The first kappa shape index (κ1) is 48.6. The number of rotatable bonds is 27. The van der Waals surface area contributed by atoms with Gasteiger partial charge in [0.15, 0.2) is 5.70 Å². The molecule has 13 nitrogen and oxygen atoms in total. The first-order valence-corrected chi connectivity index (χ1v) is 24.3. The number of carbonyl (C=O) groups is 3. The molecule has 3 N–H and O–H groups in total. The third kappa shape index (κ3) is 15.1. The predicted octanol–water partition coefficient (Wildman–Crippen LogP) is 5.92. The SMILES string of the molecule is CCCC1=CC(CCC(=O)CC(COP(=O)([O-])O)C(=O)NCCCCC(=O)NCCSSc2ccccn2)=[N+]2C1=Cc1c(CCC)cc(CCC[N+](C)(C)C)n1[B-]2(F)F. The summed E-state index contributed by atoms with van der Waals surface area (Å²) in [6.07, 6.45) is 9.96. The van der Waals surface area contributed by atoms with Gasteiger partial charge in [-0.2, -0.15) is 0 Å². The molecule has 19 heteroatoms. The van der Waals surface area contributed by atoms with Gasteiger partial charge in [-0.15, -0.1) is 0 Å². The van der Waals surface area contributed by atoms with Crippen molar-refractivity contribution in [3.63, 3.8) is 0 Å². The number of hydrogen-bond donors (Lipinski definition) is 3. The van der Waals surface area contributed by atoms with E-state index in [0.717, 1.165) is 50.9 Å². The number of aromatic nitrogens is 2. The fraction of sp³-hybridized carbons (Fsp3) is 0.575. The number of ketones is 1. The lowest BCUT2D eigenvalue weighted by atomic mass is 9.88. The van der Waals surface area contributed by atoms with E-state index >= 15 is 8.63 Å². The lowest BCUT2D eigenvalue weighted by molar-refractivity contribution is -0.870. The van der Waals surface area contributed by atoms with Crippen molar-refractivity contribution in [2.45, 2.75) is 95.9 Å². The van der Waals surface area contributed by atoms with Crippen molar-refractivity contribution in [1.82, 2.24) is 20.1 Å². The zero-order valence-corrected chi connectivity index (χ0v) is 37.4. The molecule has 2 aliphatic rings. The van der Waals surface area contributed by atoms with E-state index < -0.39 is 45.4 Å². The molecule has 0 aromatic carbocycles. The number of halogens is 2. The maximum absolute atomic E-state index is 17.0. The standard InChI is InChI=1S/C40H60BF2N6O7PS2/c1-6-13-30-25-33(15-12-23-49(3,4)5)47-36(30)28-37-31(14-7-2)26-34(48(37)41(47,42)43)18-19-35(50)27-32(29-56-57(53,54)55)40(52)46-21-10-8-16-38(51)44-22-24-58-59-39-17-9-11-20-45-39/h9,11,17,20,25-26,28,32H,6-8,10,12-16,18-19,21-24,27,29H2,1-5H3,(H3-,44,46,51,52,53,54,55). The number of phosphoric acid groups is 1. The Labute approximate surface area is 355 Å². The van der Waals surface area contributed by atoms with Crippen LogP contribution in [0, 0.1) is 5.92 Å². The minimum atomic E-state index is -5.21. The van der Waals surface area contributed by atoms with Crippen LogP contribution >= 0.6 is 29.4 Å². The van der Waals surface area contributed by atoms with Crippen molar-refractivity contribution in [1.29, 1.82) is 0 Å². The molecule has 4 rings (SSSR count). The molecule has 2 aromatic heterocycles. The van der Waals surface area contributed by atoms with Gasteiger partial charge in [0, 0.05) is 80.6 Å². The summed E-state index contributed by atoms with van der Waals surface area (Å²) in [7, 11) is 4.13. The highest BCUT2D eigenvalue weighted by Gasteiger charge is 2.54. The molecule has 4 heterocycles. The minimum Gasteiger partial charge on any atom is -0.756 e. The Morgan fingerprint density at radius 1 is 1.03 bits per heavy atom. The zero-order chi connectivity index (χ0) is 43.2. The lowest BCUT2D eigenvalue weighted by Crippen LogP contribution is -2.51. The summed E-state index contributed by atoms with van der Waals surface area (Å²) >= 11 is 0. The zero-order valence-electron chi connectivity index (χ0n) is 34.9. The van der Waals surface area contributed by atoms with Gasteiger partial charge in [0.25, 0.3) is 7.82 Å². The van der Waals surface area contributed by atoms with E-state index in [1.54, 1.807) is 23.1 Å².